The molecule has 0 amide bonds. The van der Waals surface area contributed by atoms with E-state index in [1.165, 1.54) is 7.11 Å². The standard InChI is InChI=1S/C13H8BrClFNO3/c1-20-12-7(13(18)19)5-9(16)11(17-12)6-3-2-4-8(14)10(6)15/h2-5H,1H3,(H,18,19). The molecule has 0 atom stereocenters. The van der Waals surface area contributed by atoms with Gasteiger partial charge >= 0.3 is 5.97 Å². The molecule has 2 aromatic rings. The molecular formula is C13H8BrClFNO3. The number of rotatable bonds is 3. The van der Waals surface area contributed by atoms with Crippen molar-refractivity contribution < 1.29 is 19.0 Å². The van der Waals surface area contributed by atoms with Gasteiger partial charge in [-0.15, -0.1) is 0 Å². The second-order valence-corrected chi connectivity index (χ2v) is 5.01. The van der Waals surface area contributed by atoms with E-state index in [9.17, 15) is 9.18 Å². The van der Waals surface area contributed by atoms with Crippen LogP contribution in [-0.4, -0.2) is 23.2 Å². The molecule has 0 aliphatic rings. The van der Waals surface area contributed by atoms with Crippen LogP contribution in [0.4, 0.5) is 4.39 Å². The molecule has 4 nitrogen and oxygen atoms in total. The highest BCUT2D eigenvalue weighted by Crippen LogP contribution is 2.35. The van der Waals surface area contributed by atoms with Crippen LogP contribution in [-0.2, 0) is 0 Å². The Balaban J connectivity index is 2.69. The second-order valence-electron chi connectivity index (χ2n) is 3.78. The maximum absolute atomic E-state index is 14.1. The summed E-state index contributed by atoms with van der Waals surface area (Å²) in [6.07, 6.45) is 0. The second kappa shape index (κ2) is 5.76. The third-order valence-electron chi connectivity index (χ3n) is 2.57. The van der Waals surface area contributed by atoms with Crippen molar-refractivity contribution in [3.8, 4) is 17.1 Å². The number of nitrogens with zero attached hydrogens (tertiary/aromatic N) is 1. The Morgan fingerprint density at radius 3 is 2.80 bits per heavy atom. The van der Waals surface area contributed by atoms with E-state index in [0.717, 1.165) is 6.07 Å². The monoisotopic (exact) mass is 359 g/mol. The number of benzene rings is 1. The lowest BCUT2D eigenvalue weighted by molar-refractivity contribution is 0.0692. The summed E-state index contributed by atoms with van der Waals surface area (Å²) in [6, 6.07) is 5.82. The third-order valence-corrected chi connectivity index (χ3v) is 3.87. The van der Waals surface area contributed by atoms with Gasteiger partial charge in [-0.05, 0) is 28.1 Å². The van der Waals surface area contributed by atoms with Crippen LogP contribution >= 0.6 is 27.5 Å². The fraction of sp³-hybridized carbons (Fsp3) is 0.0769. The minimum Gasteiger partial charge on any atom is -0.480 e. The summed E-state index contributed by atoms with van der Waals surface area (Å²) >= 11 is 9.32. The number of carbonyl (C=O) groups is 1. The number of carboxylic acids is 1. The van der Waals surface area contributed by atoms with Crippen LogP contribution in [0.2, 0.25) is 5.02 Å². The molecule has 7 heteroatoms. The Morgan fingerprint density at radius 2 is 2.20 bits per heavy atom. The number of carboxylic acid groups (broad SMARTS) is 1. The molecule has 1 aromatic heterocycles. The average Bonchev–Trinajstić information content (AvgIpc) is 2.42. The first-order chi connectivity index (χ1) is 9.45. The lowest BCUT2D eigenvalue weighted by Gasteiger charge is -2.10. The van der Waals surface area contributed by atoms with Gasteiger partial charge in [0.05, 0.1) is 12.1 Å². The van der Waals surface area contributed by atoms with E-state index in [0.29, 0.717) is 10.0 Å². The Hall–Kier alpha value is -1.66. The summed E-state index contributed by atoms with van der Waals surface area (Å²) in [5.41, 5.74) is -0.0770. The molecular weight excluding hydrogens is 353 g/mol. The maximum atomic E-state index is 14.1. The topological polar surface area (TPSA) is 59.4 Å². The molecule has 20 heavy (non-hydrogen) atoms. The van der Waals surface area contributed by atoms with E-state index >= 15 is 0 Å². The van der Waals surface area contributed by atoms with Gasteiger partial charge in [-0.25, -0.2) is 14.2 Å². The van der Waals surface area contributed by atoms with Crippen LogP contribution in [0, 0.1) is 5.82 Å². The van der Waals surface area contributed by atoms with Crippen molar-refractivity contribution in [1.82, 2.24) is 4.98 Å². The number of methoxy groups -OCH3 is 1. The molecule has 0 saturated carbocycles. The van der Waals surface area contributed by atoms with Gasteiger partial charge in [-0.2, -0.15) is 0 Å². The zero-order valence-corrected chi connectivity index (χ0v) is 12.5. The first-order valence-corrected chi connectivity index (χ1v) is 6.55. The van der Waals surface area contributed by atoms with Crippen molar-refractivity contribution in [3.05, 3.63) is 45.1 Å². The minimum atomic E-state index is -1.32. The molecule has 0 aliphatic carbocycles. The van der Waals surface area contributed by atoms with Crippen LogP contribution in [0.25, 0.3) is 11.3 Å². The summed E-state index contributed by atoms with van der Waals surface area (Å²) < 4.78 is 19.5. The smallest absolute Gasteiger partial charge is 0.341 e. The number of pyridine rings is 1. The highest BCUT2D eigenvalue weighted by Gasteiger charge is 2.20. The largest absolute Gasteiger partial charge is 0.480 e. The number of hydrogen-bond donors (Lipinski definition) is 1. The number of aromatic nitrogens is 1. The summed E-state index contributed by atoms with van der Waals surface area (Å²) in [5, 5.41) is 9.24. The van der Waals surface area contributed by atoms with Crippen molar-refractivity contribution in [2.75, 3.05) is 7.11 Å². The van der Waals surface area contributed by atoms with Crippen molar-refractivity contribution in [2.24, 2.45) is 0 Å². The molecule has 0 saturated heterocycles. The average molecular weight is 361 g/mol. The van der Waals surface area contributed by atoms with Crippen LogP contribution in [0.5, 0.6) is 5.88 Å². The van der Waals surface area contributed by atoms with E-state index in [4.69, 9.17) is 21.4 Å². The first kappa shape index (κ1) is 14.7. The van der Waals surface area contributed by atoms with Crippen molar-refractivity contribution in [2.45, 2.75) is 0 Å². The summed E-state index contributed by atoms with van der Waals surface area (Å²) in [6.45, 7) is 0. The normalized spacial score (nSPS) is 10.4. The SMILES string of the molecule is COc1nc(-c2cccc(Br)c2Cl)c(F)cc1C(=O)O. The molecule has 0 radical (unpaired) electrons. The molecule has 0 unspecified atom stereocenters. The highest BCUT2D eigenvalue weighted by atomic mass is 79.9. The van der Waals surface area contributed by atoms with Crippen molar-refractivity contribution in [3.63, 3.8) is 0 Å². The molecule has 104 valence electrons. The zero-order chi connectivity index (χ0) is 14.9. The number of ether oxygens (including phenoxy) is 1. The van der Waals surface area contributed by atoms with Gasteiger partial charge in [-0.3, -0.25) is 0 Å². The van der Waals surface area contributed by atoms with E-state index in [-0.39, 0.29) is 22.2 Å². The molecule has 1 heterocycles. The lowest BCUT2D eigenvalue weighted by atomic mass is 10.1. The summed E-state index contributed by atoms with van der Waals surface area (Å²) in [4.78, 5) is 14.9. The summed E-state index contributed by atoms with van der Waals surface area (Å²) in [7, 11) is 1.26. The molecule has 1 aromatic carbocycles. The van der Waals surface area contributed by atoms with Gasteiger partial charge in [0, 0.05) is 10.0 Å². The quantitative estimate of drug-likeness (QED) is 0.898. The third kappa shape index (κ3) is 2.62. The maximum Gasteiger partial charge on any atom is 0.341 e. The lowest BCUT2D eigenvalue weighted by Crippen LogP contribution is -2.05. The summed E-state index contributed by atoms with van der Waals surface area (Å²) in [5.74, 6) is -2.28. The molecule has 0 fully saturated rings. The Bertz CT molecular complexity index is 694. The number of halogens is 3. The van der Waals surface area contributed by atoms with E-state index in [1.54, 1.807) is 18.2 Å². The Kier molecular flexibility index (Phi) is 4.25. The van der Waals surface area contributed by atoms with E-state index in [2.05, 4.69) is 20.9 Å². The van der Waals surface area contributed by atoms with Crippen LogP contribution in [0.3, 0.4) is 0 Å². The first-order valence-electron chi connectivity index (χ1n) is 5.38. The Labute approximate surface area is 127 Å². The zero-order valence-electron chi connectivity index (χ0n) is 10.2. The molecule has 1 N–H and O–H groups in total. The van der Waals surface area contributed by atoms with Gasteiger partial charge in [0.15, 0.2) is 5.82 Å². The van der Waals surface area contributed by atoms with Gasteiger partial charge in [-0.1, -0.05) is 23.7 Å². The van der Waals surface area contributed by atoms with Gasteiger partial charge < -0.3 is 9.84 Å². The molecule has 0 aliphatic heterocycles. The van der Waals surface area contributed by atoms with Crippen LogP contribution < -0.4 is 4.74 Å². The minimum absolute atomic E-state index is 0.0712. The number of hydrogen-bond acceptors (Lipinski definition) is 3. The highest BCUT2D eigenvalue weighted by molar-refractivity contribution is 9.10. The predicted molar refractivity (Wildman–Crippen MR) is 75.9 cm³/mol. The van der Waals surface area contributed by atoms with Gasteiger partial charge in [0.25, 0.3) is 0 Å². The fourth-order valence-corrected chi connectivity index (χ4v) is 2.24. The molecule has 2 rings (SSSR count). The molecule has 0 bridgehead atoms. The van der Waals surface area contributed by atoms with Crippen molar-refractivity contribution >= 4 is 33.5 Å². The van der Waals surface area contributed by atoms with Crippen LogP contribution in [0.15, 0.2) is 28.7 Å². The van der Waals surface area contributed by atoms with Gasteiger partial charge in [0.2, 0.25) is 5.88 Å². The van der Waals surface area contributed by atoms with E-state index in [1.807, 2.05) is 0 Å². The van der Waals surface area contributed by atoms with E-state index < -0.39 is 11.8 Å². The fourth-order valence-electron chi connectivity index (χ4n) is 1.66. The molecule has 0 spiro atoms. The number of aromatic carboxylic acids is 1. The van der Waals surface area contributed by atoms with Gasteiger partial charge in [0.1, 0.15) is 11.3 Å². The predicted octanol–water partition coefficient (Wildman–Crippen LogP) is 4.01. The van der Waals surface area contributed by atoms with Crippen molar-refractivity contribution in [1.29, 1.82) is 0 Å². The van der Waals surface area contributed by atoms with Crippen LogP contribution in [0.1, 0.15) is 10.4 Å². The Morgan fingerprint density at radius 1 is 1.50 bits per heavy atom.